The number of fused-ring (bicyclic) bond motifs is 1. The van der Waals surface area contributed by atoms with Gasteiger partial charge >= 0.3 is 0 Å². The molecule has 3 rings (SSSR count). The fraction of sp³-hybridized carbons (Fsp3) is 0.400. The predicted octanol–water partition coefficient (Wildman–Crippen LogP) is 4.10. The summed E-state index contributed by atoms with van der Waals surface area (Å²) in [5.41, 5.74) is 2.52. The smallest absolute Gasteiger partial charge is 0.275 e. The van der Waals surface area contributed by atoms with Crippen LogP contribution in [0, 0.1) is 0 Å². The van der Waals surface area contributed by atoms with E-state index in [9.17, 15) is 9.59 Å². The van der Waals surface area contributed by atoms with E-state index in [-0.39, 0.29) is 11.5 Å². The zero-order valence-corrected chi connectivity index (χ0v) is 17.9. The molecular formula is C20H24N4O2S2. The molecular weight excluding hydrogens is 392 g/mol. The number of rotatable bonds is 8. The van der Waals surface area contributed by atoms with E-state index >= 15 is 0 Å². The molecule has 8 heteroatoms. The molecule has 6 nitrogen and oxygen atoms in total. The number of thioether (sulfide) groups is 1. The molecule has 0 unspecified atom stereocenters. The SMILES string of the molecule is CCc1nn2c(=O)cc(CSCC(=O)Nc3ccccc3[C@H](C)CC)nc2s1. The van der Waals surface area contributed by atoms with Gasteiger partial charge in [0.1, 0.15) is 5.01 Å². The quantitative estimate of drug-likeness (QED) is 0.598. The van der Waals surface area contributed by atoms with Gasteiger partial charge in [-0.1, -0.05) is 50.3 Å². The van der Waals surface area contributed by atoms with Crippen molar-refractivity contribution in [2.24, 2.45) is 0 Å². The van der Waals surface area contributed by atoms with Crippen LogP contribution in [0.2, 0.25) is 0 Å². The van der Waals surface area contributed by atoms with E-state index in [2.05, 4.69) is 35.3 Å². The minimum atomic E-state index is -0.177. The Morgan fingerprint density at radius 1 is 1.32 bits per heavy atom. The highest BCUT2D eigenvalue weighted by Gasteiger charge is 2.12. The number of carbonyl (C=O) groups is 1. The summed E-state index contributed by atoms with van der Waals surface area (Å²) in [5, 5.41) is 8.14. The first-order valence-electron chi connectivity index (χ1n) is 9.37. The first kappa shape index (κ1) is 20.5. The van der Waals surface area contributed by atoms with Gasteiger partial charge in [0.05, 0.1) is 11.4 Å². The summed E-state index contributed by atoms with van der Waals surface area (Å²) in [4.78, 5) is 29.6. The van der Waals surface area contributed by atoms with Gasteiger partial charge in [-0.2, -0.15) is 9.61 Å². The number of aromatic nitrogens is 3. The van der Waals surface area contributed by atoms with Crippen LogP contribution in [-0.4, -0.2) is 26.3 Å². The molecule has 0 aliphatic carbocycles. The van der Waals surface area contributed by atoms with Gasteiger partial charge in [0.2, 0.25) is 10.9 Å². The second kappa shape index (κ2) is 9.34. The number of nitrogens with zero attached hydrogens (tertiary/aromatic N) is 3. The second-order valence-corrected chi connectivity index (χ2v) is 8.59. The molecule has 28 heavy (non-hydrogen) atoms. The lowest BCUT2D eigenvalue weighted by Crippen LogP contribution is -2.17. The van der Waals surface area contributed by atoms with Crippen molar-refractivity contribution in [2.45, 2.75) is 45.3 Å². The lowest BCUT2D eigenvalue weighted by molar-refractivity contribution is -0.113. The summed E-state index contributed by atoms with van der Waals surface area (Å²) in [6.45, 7) is 6.29. The number of hydrogen-bond donors (Lipinski definition) is 1. The van der Waals surface area contributed by atoms with Crippen LogP contribution in [0.5, 0.6) is 0 Å². The molecule has 148 valence electrons. The number of amides is 1. The van der Waals surface area contributed by atoms with E-state index in [0.717, 1.165) is 29.1 Å². The molecule has 2 heterocycles. The van der Waals surface area contributed by atoms with Gasteiger partial charge in [0.15, 0.2) is 0 Å². The van der Waals surface area contributed by atoms with Crippen molar-refractivity contribution in [3.8, 4) is 0 Å². The third-order valence-corrected chi connectivity index (χ3v) is 6.52. The minimum absolute atomic E-state index is 0.0513. The number of hydrogen-bond acceptors (Lipinski definition) is 6. The Labute approximate surface area is 172 Å². The molecule has 1 amide bonds. The van der Waals surface area contributed by atoms with Gasteiger partial charge in [-0.15, -0.1) is 11.8 Å². The summed E-state index contributed by atoms with van der Waals surface area (Å²) >= 11 is 2.87. The zero-order valence-electron chi connectivity index (χ0n) is 16.3. The molecule has 0 spiro atoms. The minimum Gasteiger partial charge on any atom is -0.325 e. The monoisotopic (exact) mass is 416 g/mol. The van der Waals surface area contributed by atoms with Crippen molar-refractivity contribution in [2.75, 3.05) is 11.1 Å². The van der Waals surface area contributed by atoms with Gasteiger partial charge in [-0.25, -0.2) is 4.98 Å². The molecule has 1 aromatic carbocycles. The van der Waals surface area contributed by atoms with Gasteiger partial charge in [-0.05, 0) is 30.4 Å². The molecule has 0 saturated carbocycles. The fourth-order valence-electron chi connectivity index (χ4n) is 2.81. The van der Waals surface area contributed by atoms with Crippen LogP contribution in [0.25, 0.3) is 4.96 Å². The van der Waals surface area contributed by atoms with Crippen molar-refractivity contribution in [1.82, 2.24) is 14.6 Å². The molecule has 0 bridgehead atoms. The lowest BCUT2D eigenvalue weighted by Gasteiger charge is -2.15. The molecule has 1 N–H and O–H groups in total. The molecule has 0 saturated heterocycles. The molecule has 0 radical (unpaired) electrons. The van der Waals surface area contributed by atoms with Crippen LogP contribution < -0.4 is 10.9 Å². The summed E-state index contributed by atoms with van der Waals surface area (Å²) in [6, 6.07) is 9.42. The van der Waals surface area contributed by atoms with E-state index in [1.165, 1.54) is 33.7 Å². The van der Waals surface area contributed by atoms with Crippen molar-refractivity contribution in [3.63, 3.8) is 0 Å². The van der Waals surface area contributed by atoms with Crippen molar-refractivity contribution in [3.05, 3.63) is 57.0 Å². The number of para-hydroxylation sites is 1. The lowest BCUT2D eigenvalue weighted by atomic mass is 9.97. The number of anilines is 1. The molecule has 1 atom stereocenters. The highest BCUT2D eigenvalue weighted by Crippen LogP contribution is 2.26. The first-order chi connectivity index (χ1) is 13.5. The number of carbonyl (C=O) groups excluding carboxylic acids is 1. The average Bonchev–Trinajstić information content (AvgIpc) is 3.12. The van der Waals surface area contributed by atoms with E-state index in [0.29, 0.717) is 28.1 Å². The van der Waals surface area contributed by atoms with Crippen molar-refractivity contribution >= 4 is 39.7 Å². The highest BCUT2D eigenvalue weighted by molar-refractivity contribution is 7.99. The summed E-state index contributed by atoms with van der Waals surface area (Å²) in [7, 11) is 0. The summed E-state index contributed by atoms with van der Waals surface area (Å²) in [6.07, 6.45) is 1.79. The van der Waals surface area contributed by atoms with Gasteiger partial charge < -0.3 is 5.32 Å². The third-order valence-electron chi connectivity index (χ3n) is 4.50. The van der Waals surface area contributed by atoms with Gasteiger partial charge in [0.25, 0.3) is 5.56 Å². The maximum Gasteiger partial charge on any atom is 0.275 e. The largest absolute Gasteiger partial charge is 0.325 e. The highest BCUT2D eigenvalue weighted by atomic mass is 32.2. The first-order valence-corrected chi connectivity index (χ1v) is 11.3. The number of benzene rings is 1. The van der Waals surface area contributed by atoms with Crippen LogP contribution in [0.4, 0.5) is 5.69 Å². The molecule has 2 aromatic heterocycles. The molecule has 3 aromatic rings. The van der Waals surface area contributed by atoms with Crippen LogP contribution in [0.1, 0.15) is 49.4 Å². The second-order valence-electron chi connectivity index (χ2n) is 6.57. The molecule has 0 fully saturated rings. The van der Waals surface area contributed by atoms with Gasteiger partial charge in [0, 0.05) is 17.5 Å². The normalized spacial score (nSPS) is 12.2. The van der Waals surface area contributed by atoms with E-state index in [1.807, 2.05) is 25.1 Å². The Morgan fingerprint density at radius 3 is 2.86 bits per heavy atom. The van der Waals surface area contributed by atoms with E-state index in [1.54, 1.807) is 0 Å². The van der Waals surface area contributed by atoms with E-state index < -0.39 is 0 Å². The Hall–Kier alpha value is -2.19. The van der Waals surface area contributed by atoms with Crippen LogP contribution in [-0.2, 0) is 17.0 Å². The topological polar surface area (TPSA) is 76.4 Å². The Bertz CT molecular complexity index is 1030. The van der Waals surface area contributed by atoms with Crippen molar-refractivity contribution in [1.29, 1.82) is 0 Å². The number of aryl methyl sites for hydroxylation is 1. The third kappa shape index (κ3) is 4.80. The maximum absolute atomic E-state index is 12.4. The van der Waals surface area contributed by atoms with E-state index in [4.69, 9.17) is 0 Å². The predicted molar refractivity (Wildman–Crippen MR) is 116 cm³/mol. The fourth-order valence-corrected chi connectivity index (χ4v) is 4.38. The van der Waals surface area contributed by atoms with Crippen LogP contribution in [0.3, 0.4) is 0 Å². The summed E-state index contributed by atoms with van der Waals surface area (Å²) < 4.78 is 1.34. The number of nitrogens with one attached hydrogen (secondary N) is 1. The molecule has 0 aliphatic heterocycles. The van der Waals surface area contributed by atoms with Crippen molar-refractivity contribution < 1.29 is 4.79 Å². The molecule has 0 aliphatic rings. The Kier molecular flexibility index (Phi) is 6.85. The van der Waals surface area contributed by atoms with Gasteiger partial charge in [-0.3, -0.25) is 9.59 Å². The average molecular weight is 417 g/mol. The Morgan fingerprint density at radius 2 is 2.11 bits per heavy atom. The maximum atomic E-state index is 12.4. The van der Waals surface area contributed by atoms with Crippen LogP contribution >= 0.6 is 23.1 Å². The standard InChI is InChI=1S/C20H24N4O2S2/c1-4-13(3)15-8-6-7-9-16(15)22-17(25)12-27-11-14-10-19(26)24-20(21-14)28-18(5-2)23-24/h6-10,13H,4-5,11-12H2,1-3H3,(H,22,25)/t13-/m1/s1. The zero-order chi connectivity index (χ0) is 20.1. The Balaban J connectivity index is 1.60. The van der Waals surface area contributed by atoms with Crippen LogP contribution in [0.15, 0.2) is 35.1 Å². The summed E-state index contributed by atoms with van der Waals surface area (Å²) in [5.74, 6) is 1.15.